The lowest BCUT2D eigenvalue weighted by Gasteiger charge is -2.63. The fraction of sp³-hybridized carbons (Fsp3) is 0.944. The van der Waals surface area contributed by atoms with Crippen LogP contribution in [-0.2, 0) is 9.47 Å². The van der Waals surface area contributed by atoms with E-state index in [0.717, 1.165) is 51.4 Å². The Morgan fingerprint density at radius 3 is 2.23 bits per heavy atom. The molecule has 13 atom stereocenters. The summed E-state index contributed by atoms with van der Waals surface area (Å²) in [5.41, 5.74) is 2.63. The molecule has 0 aromatic rings. The number of ether oxygens (including phenoxy) is 2. The highest BCUT2D eigenvalue weighted by atomic mass is 16.7. The van der Waals surface area contributed by atoms with E-state index in [-0.39, 0.29) is 33.7 Å². The highest BCUT2D eigenvalue weighted by Gasteiger charge is 2.64. The van der Waals surface area contributed by atoms with Gasteiger partial charge in [-0.05, 0) is 117 Å². The van der Waals surface area contributed by atoms with Gasteiger partial charge < -0.3 is 40.1 Å². The summed E-state index contributed by atoms with van der Waals surface area (Å²) in [5, 5.41) is 62.4. The number of allylic oxidation sites excluding steroid dienone is 2. The van der Waals surface area contributed by atoms with E-state index >= 15 is 0 Å². The lowest BCUT2D eigenvalue weighted by Crippen LogP contribution is -2.61. The molecular weight excluding hydrogens is 560 g/mol. The van der Waals surface area contributed by atoms with E-state index in [1.807, 2.05) is 13.8 Å². The van der Waals surface area contributed by atoms with Gasteiger partial charge in [-0.15, -0.1) is 0 Å². The van der Waals surface area contributed by atoms with Crippen molar-refractivity contribution in [2.75, 3.05) is 6.61 Å². The summed E-state index contributed by atoms with van der Waals surface area (Å²) in [7, 11) is 0. The van der Waals surface area contributed by atoms with Crippen LogP contribution in [0.2, 0.25) is 0 Å². The van der Waals surface area contributed by atoms with E-state index in [9.17, 15) is 30.6 Å². The first-order valence-electron chi connectivity index (χ1n) is 17.4. The van der Waals surface area contributed by atoms with Crippen molar-refractivity contribution in [2.24, 2.45) is 39.4 Å². The molecule has 8 heteroatoms. The van der Waals surface area contributed by atoms with Crippen LogP contribution < -0.4 is 0 Å². The van der Waals surface area contributed by atoms with Crippen molar-refractivity contribution < 1.29 is 40.1 Å². The number of aliphatic hydroxyl groups is 6. The van der Waals surface area contributed by atoms with E-state index in [4.69, 9.17) is 9.47 Å². The quantitative estimate of drug-likeness (QED) is 0.218. The normalized spacial score (nSPS) is 47.0. The monoisotopic (exact) mass is 622 g/mol. The first-order valence-corrected chi connectivity index (χ1v) is 17.4. The Morgan fingerprint density at radius 1 is 0.909 bits per heavy atom. The van der Waals surface area contributed by atoms with Gasteiger partial charge in [0.05, 0.1) is 24.4 Å². The molecule has 0 spiro atoms. The highest BCUT2D eigenvalue weighted by molar-refractivity contribution is 5.39. The maximum Gasteiger partial charge on any atom is 0.186 e. The van der Waals surface area contributed by atoms with E-state index in [0.29, 0.717) is 24.7 Å². The van der Waals surface area contributed by atoms with E-state index in [1.165, 1.54) is 0 Å². The second-order valence-corrected chi connectivity index (χ2v) is 17.3. The fourth-order valence-corrected chi connectivity index (χ4v) is 11.2. The average molecular weight is 623 g/mol. The summed E-state index contributed by atoms with van der Waals surface area (Å²) in [6, 6.07) is 0. The molecule has 5 aliphatic rings. The molecule has 0 bridgehead atoms. The van der Waals surface area contributed by atoms with Gasteiger partial charge in [-0.25, -0.2) is 0 Å². The second-order valence-electron chi connectivity index (χ2n) is 17.3. The zero-order chi connectivity index (χ0) is 32.6. The van der Waals surface area contributed by atoms with Crippen LogP contribution in [0.25, 0.3) is 0 Å². The average Bonchev–Trinajstić information content (AvgIpc) is 3.23. The minimum absolute atomic E-state index is 0.0482. The smallest absolute Gasteiger partial charge is 0.186 e. The molecule has 254 valence electrons. The summed E-state index contributed by atoms with van der Waals surface area (Å²) < 4.78 is 12.2. The van der Waals surface area contributed by atoms with Crippen molar-refractivity contribution in [2.45, 2.75) is 168 Å². The Balaban J connectivity index is 1.36. The third-order valence-corrected chi connectivity index (χ3v) is 14.2. The molecule has 0 aromatic heterocycles. The van der Waals surface area contributed by atoms with Gasteiger partial charge in [0.25, 0.3) is 0 Å². The van der Waals surface area contributed by atoms with Crippen LogP contribution in [0.3, 0.4) is 0 Å². The number of fused-ring (bicyclic) bond motifs is 4. The topological polar surface area (TPSA) is 140 Å². The van der Waals surface area contributed by atoms with Gasteiger partial charge in [-0.1, -0.05) is 52.7 Å². The van der Waals surface area contributed by atoms with Crippen molar-refractivity contribution in [3.05, 3.63) is 11.1 Å². The van der Waals surface area contributed by atoms with E-state index in [1.54, 1.807) is 11.1 Å². The third-order valence-electron chi connectivity index (χ3n) is 14.2. The molecule has 8 unspecified atom stereocenters. The highest BCUT2D eigenvalue weighted by Crippen LogP contribution is 2.72. The summed E-state index contributed by atoms with van der Waals surface area (Å²) >= 11 is 0. The molecular formula is C36H62O8. The fourth-order valence-electron chi connectivity index (χ4n) is 11.2. The van der Waals surface area contributed by atoms with Crippen LogP contribution in [0.5, 0.6) is 0 Å². The van der Waals surface area contributed by atoms with Gasteiger partial charge in [0.1, 0.15) is 24.4 Å². The standard InChI is InChI=1S/C36H62O8/c1-20(24(38)13-15-32(2,3)42)21-11-17-36(8)23-9-10-26-33(4,5)27(14-16-34(26,6)22(23)12-18-35(21,36)7)44-31-30(41)29(40)28(39)25(19-37)43-31/h20-21,24-31,37-42H,9-19H2,1-8H3/t20-,21?,24?,25?,26?,27-,28?,29?,30?,31?,34+,35+,36-/m0/s1. The Hall–Kier alpha value is -0.580. The van der Waals surface area contributed by atoms with Gasteiger partial charge in [-0.2, -0.15) is 0 Å². The van der Waals surface area contributed by atoms with Crippen molar-refractivity contribution in [3.63, 3.8) is 0 Å². The lowest BCUT2D eigenvalue weighted by molar-refractivity contribution is -0.325. The SMILES string of the molecule is C[C@H](C(O)CCC(C)(C)O)C1CC[C@@]2(C)C3=C(CC[C@]12C)[C@@]1(C)CC[C@H](OC2OC(CO)C(O)C(O)C2O)C(C)(C)C1CC3. The molecule has 1 aliphatic heterocycles. The largest absolute Gasteiger partial charge is 0.394 e. The molecule has 0 radical (unpaired) electrons. The molecule has 3 fully saturated rings. The number of hydrogen-bond donors (Lipinski definition) is 6. The number of rotatable bonds is 8. The molecule has 5 rings (SSSR count). The summed E-state index contributed by atoms with van der Waals surface area (Å²) in [6.45, 7) is 17.4. The van der Waals surface area contributed by atoms with Crippen LogP contribution >= 0.6 is 0 Å². The van der Waals surface area contributed by atoms with E-state index in [2.05, 4.69) is 41.5 Å². The van der Waals surface area contributed by atoms with Gasteiger partial charge >= 0.3 is 0 Å². The first-order chi connectivity index (χ1) is 20.3. The van der Waals surface area contributed by atoms with Crippen LogP contribution in [0.4, 0.5) is 0 Å². The van der Waals surface area contributed by atoms with Gasteiger partial charge in [-0.3, -0.25) is 0 Å². The maximum absolute atomic E-state index is 11.2. The Kier molecular flexibility index (Phi) is 9.35. The molecule has 8 nitrogen and oxygen atoms in total. The number of hydrogen-bond acceptors (Lipinski definition) is 8. The molecule has 0 amide bonds. The predicted molar refractivity (Wildman–Crippen MR) is 168 cm³/mol. The molecule has 4 aliphatic carbocycles. The zero-order valence-corrected chi connectivity index (χ0v) is 28.6. The predicted octanol–water partition coefficient (Wildman–Crippen LogP) is 4.47. The van der Waals surface area contributed by atoms with E-state index < -0.39 is 49.0 Å². The zero-order valence-electron chi connectivity index (χ0n) is 28.6. The van der Waals surface area contributed by atoms with Gasteiger partial charge in [0, 0.05) is 0 Å². The number of aliphatic hydroxyl groups excluding tert-OH is 5. The van der Waals surface area contributed by atoms with Crippen molar-refractivity contribution in [1.29, 1.82) is 0 Å². The Labute approximate surface area is 265 Å². The summed E-state index contributed by atoms with van der Waals surface area (Å²) in [6.07, 6.45) is 2.73. The van der Waals surface area contributed by atoms with Crippen molar-refractivity contribution >= 4 is 0 Å². The minimum Gasteiger partial charge on any atom is -0.394 e. The summed E-state index contributed by atoms with van der Waals surface area (Å²) in [4.78, 5) is 0. The molecule has 2 saturated carbocycles. The molecule has 6 N–H and O–H groups in total. The molecule has 44 heavy (non-hydrogen) atoms. The molecule has 1 heterocycles. The maximum atomic E-state index is 11.2. The van der Waals surface area contributed by atoms with Crippen LogP contribution in [0, 0.1) is 39.4 Å². The lowest BCUT2D eigenvalue weighted by atomic mass is 9.43. The minimum atomic E-state index is -1.44. The van der Waals surface area contributed by atoms with Crippen molar-refractivity contribution in [1.82, 2.24) is 0 Å². The molecule has 0 aromatic carbocycles. The van der Waals surface area contributed by atoms with Crippen LogP contribution in [0.15, 0.2) is 11.1 Å². The first kappa shape index (κ1) is 34.7. The van der Waals surface area contributed by atoms with Crippen LogP contribution in [0.1, 0.15) is 120 Å². The van der Waals surface area contributed by atoms with Crippen LogP contribution in [-0.4, -0.2) is 85.8 Å². The van der Waals surface area contributed by atoms with Crippen molar-refractivity contribution in [3.8, 4) is 0 Å². The Morgan fingerprint density at radius 2 is 1.59 bits per heavy atom. The third kappa shape index (κ3) is 5.45. The summed E-state index contributed by atoms with van der Waals surface area (Å²) in [5.74, 6) is 1.01. The van der Waals surface area contributed by atoms with Gasteiger partial charge in [0.2, 0.25) is 0 Å². The van der Waals surface area contributed by atoms with Gasteiger partial charge in [0.15, 0.2) is 6.29 Å². The Bertz CT molecular complexity index is 1080. The second kappa shape index (κ2) is 11.8. The molecule has 1 saturated heterocycles.